The lowest BCUT2D eigenvalue weighted by atomic mass is 10.1. The Balaban J connectivity index is 2.16. The predicted molar refractivity (Wildman–Crippen MR) is 140 cm³/mol. The van der Waals surface area contributed by atoms with Gasteiger partial charge < -0.3 is 15.0 Å². The Bertz CT molecular complexity index is 1130. The maximum absolute atomic E-state index is 13.2. The van der Waals surface area contributed by atoms with Gasteiger partial charge in [-0.05, 0) is 62.2 Å². The van der Waals surface area contributed by atoms with E-state index in [0.717, 1.165) is 6.26 Å². The third-order valence-electron chi connectivity index (χ3n) is 5.36. The molecule has 11 heteroatoms. The molecule has 0 saturated carbocycles. The molecule has 0 heterocycles. The summed E-state index contributed by atoms with van der Waals surface area (Å²) in [7, 11) is -2.08. The lowest BCUT2D eigenvalue weighted by Gasteiger charge is -2.29. The molecule has 0 radical (unpaired) electrons. The average Bonchev–Trinajstić information content (AvgIpc) is 2.80. The summed E-state index contributed by atoms with van der Waals surface area (Å²) in [6, 6.07) is 10.9. The molecule has 0 saturated heterocycles. The van der Waals surface area contributed by atoms with Gasteiger partial charge in [-0.25, -0.2) is 8.42 Å². The molecule has 8 nitrogen and oxygen atoms in total. The maximum Gasteiger partial charge on any atom is 0.242 e. The SMILES string of the molecule is CCOc1ccc(N(CCCC(=O)N(Cc2ccc(Cl)cc2Cl)C(C)C(=O)NC)S(C)(=O)=O)cc1. The van der Waals surface area contributed by atoms with Crippen molar-refractivity contribution in [1.82, 2.24) is 10.2 Å². The fourth-order valence-electron chi connectivity index (χ4n) is 3.50. The molecule has 0 fully saturated rings. The number of anilines is 1. The molecule has 0 aliphatic heterocycles. The summed E-state index contributed by atoms with van der Waals surface area (Å²) in [5, 5.41) is 3.41. The van der Waals surface area contributed by atoms with Gasteiger partial charge in [-0.15, -0.1) is 0 Å². The van der Waals surface area contributed by atoms with E-state index in [1.54, 1.807) is 49.4 Å². The molecule has 1 N–H and O–H groups in total. The predicted octanol–water partition coefficient (Wildman–Crippen LogP) is 4.10. The maximum atomic E-state index is 13.2. The third kappa shape index (κ3) is 8.30. The number of carbonyl (C=O) groups excluding carboxylic acids is 2. The van der Waals surface area contributed by atoms with E-state index in [1.807, 2.05) is 6.92 Å². The topological polar surface area (TPSA) is 96.0 Å². The molecule has 2 amide bonds. The second-order valence-electron chi connectivity index (χ2n) is 7.91. The fourth-order valence-corrected chi connectivity index (χ4v) is 4.94. The Morgan fingerprint density at radius 1 is 1.11 bits per heavy atom. The van der Waals surface area contributed by atoms with Crippen molar-refractivity contribution in [1.29, 1.82) is 0 Å². The van der Waals surface area contributed by atoms with E-state index in [0.29, 0.717) is 33.7 Å². The largest absolute Gasteiger partial charge is 0.494 e. The molecule has 0 aliphatic rings. The molecule has 35 heavy (non-hydrogen) atoms. The Kier molecular flexibility index (Phi) is 10.7. The Hall–Kier alpha value is -2.49. The van der Waals surface area contributed by atoms with Gasteiger partial charge in [-0.1, -0.05) is 29.3 Å². The van der Waals surface area contributed by atoms with E-state index < -0.39 is 16.1 Å². The normalized spacial score (nSPS) is 12.1. The van der Waals surface area contributed by atoms with Crippen molar-refractivity contribution in [3.05, 3.63) is 58.1 Å². The molecule has 1 atom stereocenters. The van der Waals surface area contributed by atoms with Crippen LogP contribution in [0.3, 0.4) is 0 Å². The van der Waals surface area contributed by atoms with Crippen LogP contribution >= 0.6 is 23.2 Å². The van der Waals surface area contributed by atoms with Crippen molar-refractivity contribution in [2.75, 3.05) is 30.8 Å². The molecule has 192 valence electrons. The van der Waals surface area contributed by atoms with E-state index in [4.69, 9.17) is 27.9 Å². The first kappa shape index (κ1) is 28.7. The number of amides is 2. The third-order valence-corrected chi connectivity index (χ3v) is 7.14. The number of hydrogen-bond donors (Lipinski definition) is 1. The second kappa shape index (κ2) is 13.0. The zero-order chi connectivity index (χ0) is 26.2. The van der Waals surface area contributed by atoms with Gasteiger partial charge in [-0.3, -0.25) is 13.9 Å². The summed E-state index contributed by atoms with van der Waals surface area (Å²) < 4.78 is 31.5. The van der Waals surface area contributed by atoms with Crippen molar-refractivity contribution >= 4 is 50.7 Å². The Morgan fingerprint density at radius 2 is 1.77 bits per heavy atom. The molecule has 0 spiro atoms. The summed E-state index contributed by atoms with van der Waals surface area (Å²) in [4.78, 5) is 26.9. The summed E-state index contributed by atoms with van der Waals surface area (Å²) >= 11 is 12.3. The number of halogens is 2. The van der Waals surface area contributed by atoms with Gasteiger partial charge in [0.1, 0.15) is 11.8 Å². The van der Waals surface area contributed by atoms with E-state index in [9.17, 15) is 18.0 Å². The first-order valence-corrected chi connectivity index (χ1v) is 13.7. The highest BCUT2D eigenvalue weighted by Crippen LogP contribution is 2.25. The standard InChI is InChI=1S/C24H31Cl2N3O5S/c1-5-34-21-12-10-20(11-13-21)29(35(4,32)33)14-6-7-23(30)28(17(2)24(31)27-3)16-18-8-9-19(25)15-22(18)26/h8-13,15,17H,5-7,14,16H2,1-4H3,(H,27,31). The number of ether oxygens (including phenoxy) is 1. The second-order valence-corrected chi connectivity index (χ2v) is 10.7. The zero-order valence-corrected chi connectivity index (χ0v) is 22.6. The van der Waals surface area contributed by atoms with Crippen LogP contribution in [0.5, 0.6) is 5.75 Å². The van der Waals surface area contributed by atoms with E-state index >= 15 is 0 Å². The number of sulfonamides is 1. The molecular weight excluding hydrogens is 513 g/mol. The molecule has 2 rings (SSSR count). The van der Waals surface area contributed by atoms with Crippen LogP contribution in [0.1, 0.15) is 32.3 Å². The Labute approximate surface area is 217 Å². The molecule has 2 aromatic rings. The Morgan fingerprint density at radius 3 is 2.31 bits per heavy atom. The quantitative estimate of drug-likeness (QED) is 0.434. The van der Waals surface area contributed by atoms with E-state index in [1.165, 1.54) is 16.3 Å². The van der Waals surface area contributed by atoms with Gasteiger partial charge in [-0.2, -0.15) is 0 Å². The lowest BCUT2D eigenvalue weighted by molar-refractivity contribution is -0.140. The van der Waals surface area contributed by atoms with E-state index in [2.05, 4.69) is 5.32 Å². The van der Waals surface area contributed by atoms with Crippen LogP contribution in [0.2, 0.25) is 10.0 Å². The molecular formula is C24H31Cl2N3O5S. The summed E-state index contributed by atoms with van der Waals surface area (Å²) in [6.07, 6.45) is 1.41. The summed E-state index contributed by atoms with van der Waals surface area (Å²) in [5.41, 5.74) is 1.12. The summed E-state index contributed by atoms with van der Waals surface area (Å²) in [5.74, 6) is 0.0161. The van der Waals surface area contributed by atoms with Gasteiger partial charge >= 0.3 is 0 Å². The minimum atomic E-state index is -3.58. The zero-order valence-electron chi connectivity index (χ0n) is 20.3. The number of hydrogen-bond acceptors (Lipinski definition) is 5. The van der Waals surface area contributed by atoms with Gasteiger partial charge in [0.25, 0.3) is 0 Å². The van der Waals surface area contributed by atoms with Crippen molar-refractivity contribution < 1.29 is 22.7 Å². The molecule has 0 bridgehead atoms. The van der Waals surface area contributed by atoms with Crippen LogP contribution < -0.4 is 14.4 Å². The van der Waals surface area contributed by atoms with Crippen LogP contribution in [0.15, 0.2) is 42.5 Å². The molecule has 2 aromatic carbocycles. The minimum Gasteiger partial charge on any atom is -0.494 e. The minimum absolute atomic E-state index is 0.0373. The fraction of sp³-hybridized carbons (Fsp3) is 0.417. The number of nitrogens with one attached hydrogen (secondary N) is 1. The first-order valence-electron chi connectivity index (χ1n) is 11.1. The molecule has 1 unspecified atom stereocenters. The number of likely N-dealkylation sites (N-methyl/N-ethyl adjacent to an activating group) is 1. The highest BCUT2D eigenvalue weighted by Gasteiger charge is 2.26. The van der Waals surface area contributed by atoms with Crippen molar-refractivity contribution in [2.45, 2.75) is 39.3 Å². The van der Waals surface area contributed by atoms with Crippen molar-refractivity contribution in [2.24, 2.45) is 0 Å². The number of nitrogens with zero attached hydrogens (tertiary/aromatic N) is 2. The van der Waals surface area contributed by atoms with Crippen molar-refractivity contribution in [3.63, 3.8) is 0 Å². The lowest BCUT2D eigenvalue weighted by Crippen LogP contribution is -2.46. The number of benzene rings is 2. The van der Waals surface area contributed by atoms with Crippen LogP contribution in [0.4, 0.5) is 5.69 Å². The van der Waals surface area contributed by atoms with Crippen LogP contribution in [0.25, 0.3) is 0 Å². The van der Waals surface area contributed by atoms with Crippen LogP contribution in [-0.2, 0) is 26.2 Å². The van der Waals surface area contributed by atoms with Gasteiger partial charge in [0.2, 0.25) is 21.8 Å². The smallest absolute Gasteiger partial charge is 0.242 e. The molecule has 0 aromatic heterocycles. The van der Waals surface area contributed by atoms with Crippen LogP contribution in [-0.4, -0.2) is 57.6 Å². The number of rotatable bonds is 12. The van der Waals surface area contributed by atoms with E-state index in [-0.39, 0.29) is 37.7 Å². The monoisotopic (exact) mass is 543 g/mol. The average molecular weight is 545 g/mol. The van der Waals surface area contributed by atoms with Gasteiger partial charge in [0.05, 0.1) is 18.6 Å². The van der Waals surface area contributed by atoms with Crippen molar-refractivity contribution in [3.8, 4) is 5.75 Å². The summed E-state index contributed by atoms with van der Waals surface area (Å²) in [6.45, 7) is 4.20. The van der Waals surface area contributed by atoms with Gasteiger partial charge in [0.15, 0.2) is 0 Å². The number of carbonyl (C=O) groups is 2. The van der Waals surface area contributed by atoms with Gasteiger partial charge in [0, 0.05) is 36.6 Å². The highest BCUT2D eigenvalue weighted by atomic mass is 35.5. The highest BCUT2D eigenvalue weighted by molar-refractivity contribution is 7.92. The molecule has 0 aliphatic carbocycles. The van der Waals surface area contributed by atoms with Crippen LogP contribution in [0, 0.1) is 0 Å². The first-order chi connectivity index (χ1) is 16.5.